The van der Waals surface area contributed by atoms with Crippen LogP contribution in [0.15, 0.2) is 48.2 Å². The van der Waals surface area contributed by atoms with Gasteiger partial charge in [0.15, 0.2) is 0 Å². The van der Waals surface area contributed by atoms with Crippen molar-refractivity contribution in [2.45, 2.75) is 6.42 Å². The third kappa shape index (κ3) is 1.83. The van der Waals surface area contributed by atoms with Crippen LogP contribution in [0.5, 0.6) is 0 Å². The van der Waals surface area contributed by atoms with Crippen LogP contribution in [0.4, 0.5) is 11.4 Å². The summed E-state index contributed by atoms with van der Waals surface area (Å²) in [5.41, 5.74) is 4.19. The first kappa shape index (κ1) is 13.1. The quantitative estimate of drug-likeness (QED) is 0.819. The Hall–Kier alpha value is -2.63. The van der Waals surface area contributed by atoms with E-state index in [0.717, 1.165) is 17.7 Å². The van der Waals surface area contributed by atoms with Gasteiger partial charge in [-0.2, -0.15) is 0 Å². The van der Waals surface area contributed by atoms with E-state index in [4.69, 9.17) is 5.21 Å². The molecule has 0 aromatic heterocycles. The van der Waals surface area contributed by atoms with Crippen LogP contribution < -0.4 is 10.1 Å². The summed E-state index contributed by atoms with van der Waals surface area (Å²) in [6.07, 6.45) is 2.75. The summed E-state index contributed by atoms with van der Waals surface area (Å²) in [6.45, 7) is 0.709. The molecule has 2 aromatic rings. The van der Waals surface area contributed by atoms with Crippen LogP contribution >= 0.6 is 0 Å². The summed E-state index contributed by atoms with van der Waals surface area (Å²) in [5.74, 6) is -0.115. The molecule has 0 unspecified atom stereocenters. The molecule has 1 N–H and O–H groups in total. The van der Waals surface area contributed by atoms with Gasteiger partial charge in [-0.25, -0.2) is 0 Å². The zero-order chi connectivity index (χ0) is 15.3. The van der Waals surface area contributed by atoms with Gasteiger partial charge in [0.05, 0.1) is 17.1 Å². The Labute approximate surface area is 127 Å². The van der Waals surface area contributed by atoms with Crippen molar-refractivity contribution in [2.24, 2.45) is 0 Å². The predicted molar refractivity (Wildman–Crippen MR) is 83.9 cm³/mol. The van der Waals surface area contributed by atoms with E-state index in [2.05, 4.69) is 6.07 Å². The minimum absolute atomic E-state index is 0.0609. The zero-order valence-corrected chi connectivity index (χ0v) is 11.7. The first-order valence-corrected chi connectivity index (χ1v) is 7.07. The zero-order valence-electron chi connectivity index (χ0n) is 11.7. The minimum Gasteiger partial charge on any atom is -0.733 e. The number of anilines is 2. The van der Waals surface area contributed by atoms with Gasteiger partial charge in [-0.05, 0) is 41.8 Å². The fraction of sp³-hybridized carbons (Fsp3) is 0.118. The van der Waals surface area contributed by atoms with Gasteiger partial charge in [0.25, 0.3) is 0 Å². The number of fused-ring (bicyclic) bond motifs is 4. The molecule has 4 rings (SSSR count). The molecule has 2 aromatic carbocycles. The summed E-state index contributed by atoms with van der Waals surface area (Å²) in [6, 6.07) is 12.7. The average Bonchev–Trinajstić information content (AvgIpc) is 2.69. The second kappa shape index (κ2) is 4.69. The van der Waals surface area contributed by atoms with Crippen LogP contribution in [0.3, 0.4) is 0 Å². The maximum Gasteiger partial charge on any atom is 0.211 e. The van der Waals surface area contributed by atoms with Crippen molar-refractivity contribution in [3.63, 3.8) is 0 Å². The second-order valence-corrected chi connectivity index (χ2v) is 5.43. The first-order valence-electron chi connectivity index (χ1n) is 7.07. The number of nitrogens with zero attached hydrogens (tertiary/aromatic N) is 2. The second-order valence-electron chi connectivity index (χ2n) is 5.43. The number of carbonyl (C=O) groups excluding carboxylic acids is 1. The van der Waals surface area contributed by atoms with E-state index in [0.29, 0.717) is 17.8 Å². The highest BCUT2D eigenvalue weighted by Gasteiger charge is 2.33. The molecule has 0 bridgehead atoms. The first-order chi connectivity index (χ1) is 10.6. The lowest BCUT2D eigenvalue weighted by Crippen LogP contribution is -2.21. The van der Waals surface area contributed by atoms with Crippen molar-refractivity contribution in [1.29, 1.82) is 0 Å². The van der Waals surface area contributed by atoms with Gasteiger partial charge < -0.3 is 15.3 Å². The monoisotopic (exact) mass is 293 g/mol. The van der Waals surface area contributed by atoms with Gasteiger partial charge >= 0.3 is 0 Å². The van der Waals surface area contributed by atoms with Crippen molar-refractivity contribution in [3.8, 4) is 0 Å². The Morgan fingerprint density at radius 2 is 2.00 bits per heavy atom. The lowest BCUT2D eigenvalue weighted by atomic mass is 10.0. The Morgan fingerprint density at radius 1 is 1.18 bits per heavy atom. The maximum absolute atomic E-state index is 12.7. The van der Waals surface area contributed by atoms with Crippen molar-refractivity contribution >= 4 is 23.2 Å². The summed E-state index contributed by atoms with van der Waals surface area (Å²) in [4.78, 5) is 14.6. The molecule has 0 atom stereocenters. The van der Waals surface area contributed by atoms with Crippen LogP contribution in [0, 0.1) is 5.21 Å². The number of hydrogen-bond donors (Lipinski definition) is 1. The highest BCUT2D eigenvalue weighted by atomic mass is 16.8. The van der Waals surface area contributed by atoms with Crippen LogP contribution in [0.2, 0.25) is 0 Å². The van der Waals surface area contributed by atoms with Gasteiger partial charge in [-0.1, -0.05) is 24.3 Å². The molecule has 5 heteroatoms. The number of hydrogen-bond acceptors (Lipinski definition) is 5. The average molecular weight is 293 g/mol. The third-order valence-electron chi connectivity index (χ3n) is 4.21. The fourth-order valence-corrected chi connectivity index (χ4v) is 3.12. The van der Waals surface area contributed by atoms with Gasteiger partial charge in [0.2, 0.25) is 5.78 Å². The molecular formula is C17H13N2O3-. The normalized spacial score (nSPS) is 15.6. The molecule has 0 saturated carbocycles. The maximum atomic E-state index is 12.7. The van der Waals surface area contributed by atoms with E-state index in [1.807, 2.05) is 29.2 Å². The van der Waals surface area contributed by atoms with Crippen molar-refractivity contribution in [2.75, 3.05) is 16.7 Å². The predicted octanol–water partition coefficient (Wildman–Crippen LogP) is 2.98. The number of ketones is 1. The number of Topliss-reactive ketones (excluding diaryl/α,β-unsaturated/α-hetero) is 1. The van der Waals surface area contributed by atoms with Crippen molar-refractivity contribution < 1.29 is 10.0 Å². The smallest absolute Gasteiger partial charge is 0.211 e. The third-order valence-corrected chi connectivity index (χ3v) is 4.21. The van der Waals surface area contributed by atoms with E-state index in [9.17, 15) is 10.0 Å². The molecule has 0 spiro atoms. The highest BCUT2D eigenvalue weighted by Crippen LogP contribution is 2.39. The molecule has 0 amide bonds. The number of benzene rings is 2. The van der Waals surface area contributed by atoms with E-state index in [-0.39, 0.29) is 16.7 Å². The lowest BCUT2D eigenvalue weighted by molar-refractivity contribution is 0.104. The summed E-state index contributed by atoms with van der Waals surface area (Å²) in [7, 11) is 0. The molecule has 2 aliphatic rings. The summed E-state index contributed by atoms with van der Waals surface area (Å²) < 4.78 is 0. The molecule has 0 aliphatic carbocycles. The highest BCUT2D eigenvalue weighted by molar-refractivity contribution is 6.21. The van der Waals surface area contributed by atoms with E-state index in [1.54, 1.807) is 6.07 Å². The van der Waals surface area contributed by atoms with E-state index in [1.165, 1.54) is 17.7 Å². The largest absolute Gasteiger partial charge is 0.733 e. The minimum atomic E-state index is -0.221. The molecule has 5 nitrogen and oxygen atoms in total. The molecular weight excluding hydrogens is 280 g/mol. The van der Waals surface area contributed by atoms with Crippen LogP contribution in [0.25, 0.3) is 6.08 Å². The number of allylic oxidation sites excluding steroid dienone is 1. The van der Waals surface area contributed by atoms with E-state index >= 15 is 0 Å². The molecule has 2 aliphatic heterocycles. The molecule has 0 radical (unpaired) electrons. The van der Waals surface area contributed by atoms with Gasteiger partial charge in [0.1, 0.15) is 0 Å². The topological polar surface area (TPSA) is 66.8 Å². The summed E-state index contributed by atoms with van der Waals surface area (Å²) >= 11 is 0. The lowest BCUT2D eigenvalue weighted by Gasteiger charge is -2.23. The van der Waals surface area contributed by atoms with Crippen LogP contribution in [-0.2, 0) is 6.42 Å². The van der Waals surface area contributed by atoms with Crippen molar-refractivity contribution in [3.05, 3.63) is 70.1 Å². The SMILES string of the molecule is O=C1C2=Cc3ccccc3CCN2c2ccc(N([O-])O)cc21. The van der Waals surface area contributed by atoms with E-state index < -0.39 is 0 Å². The van der Waals surface area contributed by atoms with Gasteiger partial charge in [0, 0.05) is 12.1 Å². The Balaban J connectivity index is 1.85. The molecule has 110 valence electrons. The Kier molecular flexibility index (Phi) is 2.79. The Bertz CT molecular complexity index is 811. The molecule has 0 fully saturated rings. The van der Waals surface area contributed by atoms with Crippen molar-refractivity contribution in [1.82, 2.24) is 0 Å². The van der Waals surface area contributed by atoms with Gasteiger partial charge in [-0.3, -0.25) is 10.0 Å². The number of carbonyl (C=O) groups is 1. The molecule has 22 heavy (non-hydrogen) atoms. The molecule has 0 saturated heterocycles. The number of rotatable bonds is 1. The van der Waals surface area contributed by atoms with Gasteiger partial charge in [-0.15, -0.1) is 0 Å². The Morgan fingerprint density at radius 3 is 2.82 bits per heavy atom. The van der Waals surface area contributed by atoms with Crippen LogP contribution in [0.1, 0.15) is 21.5 Å². The standard InChI is InChI=1S/C17H13N2O3/c20-17-14-10-13(19(21)22)5-6-15(14)18-8-7-11-3-1-2-4-12(11)9-16(17)18/h1-6,9-10,21H,7-8H2/q-1. The molecule has 2 heterocycles. The van der Waals surface area contributed by atoms with Crippen LogP contribution in [-0.4, -0.2) is 17.5 Å². The fourth-order valence-electron chi connectivity index (χ4n) is 3.12. The summed E-state index contributed by atoms with van der Waals surface area (Å²) in [5, 5.41) is 19.8.